The van der Waals surface area contributed by atoms with Gasteiger partial charge in [-0.25, -0.2) is 9.97 Å². The lowest BCUT2D eigenvalue weighted by molar-refractivity contribution is -0.142. The van der Waals surface area contributed by atoms with Crippen molar-refractivity contribution in [3.8, 4) is 45.8 Å². The van der Waals surface area contributed by atoms with Crippen molar-refractivity contribution in [1.82, 2.24) is 20.2 Å². The molecule has 4 bridgehead atoms. The largest absolute Gasteiger partial charge is 0.508 e. The van der Waals surface area contributed by atoms with E-state index >= 15 is 0 Å². The number of aromatic hydroxyl groups is 1. The average molecular weight is 847 g/mol. The van der Waals surface area contributed by atoms with Gasteiger partial charge in [-0.3, -0.25) is 24.0 Å². The van der Waals surface area contributed by atoms with Crippen molar-refractivity contribution in [2.45, 2.75) is 64.5 Å². The number of ether oxygens (including phenoxy) is 2. The van der Waals surface area contributed by atoms with Gasteiger partial charge in [-0.15, -0.1) is 0 Å². The Morgan fingerprint density at radius 3 is 2.24 bits per heavy atom. The molecule has 0 fully saturated rings. The minimum atomic E-state index is -1.25. The molecule has 0 radical (unpaired) electrons. The number of fused-ring (bicyclic) bond motifs is 5. The Balaban J connectivity index is 1.58. The lowest BCUT2D eigenvalue weighted by Gasteiger charge is -2.32. The van der Waals surface area contributed by atoms with E-state index in [1.807, 2.05) is 12.1 Å². The summed E-state index contributed by atoms with van der Waals surface area (Å²) in [6.07, 6.45) is 0.931. The fourth-order valence-electron chi connectivity index (χ4n) is 7.47. The molecule has 62 heavy (non-hydrogen) atoms. The van der Waals surface area contributed by atoms with Crippen LogP contribution >= 0.6 is 0 Å². The summed E-state index contributed by atoms with van der Waals surface area (Å²) in [5.74, 6) is -2.89. The lowest BCUT2D eigenvalue weighted by atomic mass is 9.88. The number of hydrogen-bond donors (Lipinski definition) is 5. The number of carbonyl (C=O) groups excluding carboxylic acids is 5. The number of carbonyl (C=O) groups is 5. The van der Waals surface area contributed by atoms with Gasteiger partial charge < -0.3 is 42.0 Å². The van der Waals surface area contributed by atoms with Crippen LogP contribution in [0.25, 0.3) is 22.5 Å². The first-order chi connectivity index (χ1) is 29.8. The highest BCUT2D eigenvalue weighted by molar-refractivity contribution is 6.00. The number of phenolic OH excluding ortho intramolecular Hbond substituents is 1. The number of likely N-dealkylation sites (N-methyl/N-ethyl adjacent to an activating group) is 1. The first kappa shape index (κ1) is 46.5. The predicted molar refractivity (Wildman–Crippen MR) is 231 cm³/mol. The van der Waals surface area contributed by atoms with Crippen LogP contribution in [0.2, 0.25) is 0 Å². The monoisotopic (exact) mass is 846 g/mol. The molecule has 3 aromatic carbocycles. The van der Waals surface area contributed by atoms with Gasteiger partial charge in [0.15, 0.2) is 23.2 Å². The van der Waals surface area contributed by atoms with Crippen LogP contribution in [0.15, 0.2) is 66.9 Å². The number of aromatic nitrogens is 2. The number of nitriles is 1. The molecular weight excluding hydrogens is 793 g/mol. The van der Waals surface area contributed by atoms with Crippen LogP contribution in [0.1, 0.15) is 72.2 Å². The summed E-state index contributed by atoms with van der Waals surface area (Å²) in [6.45, 7) is 4.04. The van der Waals surface area contributed by atoms with Gasteiger partial charge in [0.25, 0.3) is 0 Å². The third-order valence-corrected chi connectivity index (χ3v) is 10.7. The van der Waals surface area contributed by atoms with E-state index in [0.717, 1.165) is 0 Å². The highest BCUT2D eigenvalue weighted by Crippen LogP contribution is 2.41. The summed E-state index contributed by atoms with van der Waals surface area (Å²) >= 11 is 0. The Hall–Kier alpha value is -6.54. The number of rotatable bonds is 17. The Bertz CT molecular complexity index is 2310. The third kappa shape index (κ3) is 11.4. The molecule has 0 unspecified atom stereocenters. The molecular formula is C46H54N8O8. The molecule has 16 heteroatoms. The number of nitrogens with one attached hydrogen (secondary N) is 1. The molecule has 0 aliphatic carbocycles. The van der Waals surface area contributed by atoms with Crippen LogP contribution in [0.3, 0.4) is 0 Å². The minimum absolute atomic E-state index is 0.0372. The maximum Gasteiger partial charge on any atom is 0.226 e. The maximum atomic E-state index is 14.6. The minimum Gasteiger partial charge on any atom is -0.508 e. The lowest BCUT2D eigenvalue weighted by Crippen LogP contribution is -2.46. The van der Waals surface area contributed by atoms with E-state index in [4.69, 9.17) is 26.7 Å². The molecule has 4 atom stereocenters. The number of Topliss-reactive ketones (excluding diaryl/α,β-unsaturated/α-hetero) is 3. The molecule has 1 aliphatic heterocycles. The Morgan fingerprint density at radius 1 is 0.952 bits per heavy atom. The number of nitrogens with two attached hydrogens (primary N) is 3. The topological polar surface area (TPSA) is 267 Å². The van der Waals surface area contributed by atoms with Crippen molar-refractivity contribution in [2.75, 3.05) is 39.9 Å². The smallest absolute Gasteiger partial charge is 0.226 e. The normalized spacial score (nSPS) is 16.9. The number of hydrogen-bond acceptors (Lipinski definition) is 14. The average Bonchev–Trinajstić information content (AvgIpc) is 3.26. The molecule has 2 heterocycles. The summed E-state index contributed by atoms with van der Waals surface area (Å²) in [4.78, 5) is 80.5. The van der Waals surface area contributed by atoms with Gasteiger partial charge in [0.05, 0.1) is 23.4 Å². The third-order valence-electron chi connectivity index (χ3n) is 10.7. The van der Waals surface area contributed by atoms with Crippen LogP contribution in [0.5, 0.6) is 17.2 Å². The van der Waals surface area contributed by atoms with Crippen molar-refractivity contribution >= 4 is 29.2 Å². The first-order valence-electron chi connectivity index (χ1n) is 20.6. The predicted octanol–water partition coefficient (Wildman–Crippen LogP) is 3.75. The molecule has 0 saturated heterocycles. The SMILES string of the molecule is Cc1nc(-c2ccc(O)cc2)ncc1C(=O)C[C@@H](CCN)C(=O)N(C)[C@@H]1C(=O)C[C@@H](C)C(=O)N[C@H](C(=O)CCC#N)Cc2ccc(OCCN)c(c2)-c2cc1ccc2OCCN. The number of benzene rings is 3. The number of phenols is 1. The zero-order chi connectivity index (χ0) is 44.9. The molecule has 4 aromatic rings. The molecule has 2 amide bonds. The molecule has 1 aliphatic rings. The summed E-state index contributed by atoms with van der Waals surface area (Å²) in [5.41, 5.74) is 21.0. The summed E-state index contributed by atoms with van der Waals surface area (Å²) in [7, 11) is 1.48. The zero-order valence-electron chi connectivity index (χ0n) is 35.3. The van der Waals surface area contributed by atoms with Crippen molar-refractivity contribution in [2.24, 2.45) is 29.0 Å². The van der Waals surface area contributed by atoms with Crippen LogP contribution < -0.4 is 32.0 Å². The second-order valence-electron chi connectivity index (χ2n) is 15.3. The summed E-state index contributed by atoms with van der Waals surface area (Å²) in [6, 6.07) is 16.5. The molecule has 326 valence electrons. The van der Waals surface area contributed by atoms with E-state index in [9.17, 15) is 34.3 Å². The van der Waals surface area contributed by atoms with Crippen molar-refractivity contribution < 1.29 is 38.6 Å². The van der Waals surface area contributed by atoms with E-state index in [2.05, 4.69) is 15.3 Å². The fraction of sp³-hybridized carbons (Fsp3) is 0.391. The highest BCUT2D eigenvalue weighted by atomic mass is 16.5. The summed E-state index contributed by atoms with van der Waals surface area (Å²) < 4.78 is 12.2. The van der Waals surface area contributed by atoms with E-state index < -0.39 is 47.3 Å². The maximum absolute atomic E-state index is 14.6. The number of nitrogens with zero attached hydrogens (tertiary/aromatic N) is 4. The van der Waals surface area contributed by atoms with Gasteiger partial charge in [0.1, 0.15) is 36.5 Å². The first-order valence-corrected chi connectivity index (χ1v) is 20.6. The zero-order valence-corrected chi connectivity index (χ0v) is 35.3. The van der Waals surface area contributed by atoms with Crippen molar-refractivity contribution in [1.29, 1.82) is 5.26 Å². The molecule has 0 spiro atoms. The van der Waals surface area contributed by atoms with Crippen LogP contribution in [0.4, 0.5) is 0 Å². The fourth-order valence-corrected chi connectivity index (χ4v) is 7.47. The summed E-state index contributed by atoms with van der Waals surface area (Å²) in [5, 5.41) is 21.7. The Kier molecular flexibility index (Phi) is 16.4. The second kappa shape index (κ2) is 21.8. The van der Waals surface area contributed by atoms with Gasteiger partial charge in [-0.2, -0.15) is 5.26 Å². The van der Waals surface area contributed by atoms with Crippen LogP contribution in [-0.2, 0) is 25.6 Å². The van der Waals surface area contributed by atoms with Crippen LogP contribution in [-0.4, -0.2) is 95.1 Å². The Labute approximate surface area is 360 Å². The quantitative estimate of drug-likeness (QED) is 0.0948. The number of ketones is 3. The van der Waals surface area contributed by atoms with E-state index in [-0.39, 0.29) is 88.5 Å². The molecule has 8 N–H and O–H groups in total. The van der Waals surface area contributed by atoms with Gasteiger partial charge >= 0.3 is 0 Å². The van der Waals surface area contributed by atoms with E-state index in [1.165, 1.54) is 30.3 Å². The molecule has 1 aromatic heterocycles. The van der Waals surface area contributed by atoms with Gasteiger partial charge in [0, 0.05) is 80.5 Å². The van der Waals surface area contributed by atoms with E-state index in [0.29, 0.717) is 50.8 Å². The van der Waals surface area contributed by atoms with E-state index in [1.54, 1.807) is 56.3 Å². The highest BCUT2D eigenvalue weighted by Gasteiger charge is 2.36. The second-order valence-corrected chi connectivity index (χ2v) is 15.3. The van der Waals surface area contributed by atoms with Gasteiger partial charge in [-0.05, 0) is 86.0 Å². The molecule has 16 nitrogen and oxygen atoms in total. The van der Waals surface area contributed by atoms with Crippen molar-refractivity contribution in [3.63, 3.8) is 0 Å². The number of amides is 2. The Morgan fingerprint density at radius 2 is 1.61 bits per heavy atom. The molecule has 5 rings (SSSR count). The van der Waals surface area contributed by atoms with Crippen molar-refractivity contribution in [3.05, 3.63) is 89.2 Å². The van der Waals surface area contributed by atoms with Crippen LogP contribution in [0, 0.1) is 30.1 Å². The molecule has 0 saturated carbocycles. The van der Waals surface area contributed by atoms with Gasteiger partial charge in [0.2, 0.25) is 11.8 Å². The standard InChI is InChI=1S/C46H54N8O8/c1-27-21-40(58)43(54(3)46(60)32(14-16-48)25-39(57)36-26-51-44(52-28(36)2)30-7-10-33(55)11-8-30)31-9-13-42(62-20-18-50)35(24-31)34-22-29(6-12-41(34)61-19-17-49)23-37(53-45(27)59)38(56)5-4-15-47/h6-13,22,24,26-27,32,37,43,55H,4-5,14,16-21,23,25,48-50H2,1-3H3,(H,53,59)/t27-,32-,37+,43+/m1/s1. The van der Waals surface area contributed by atoms with Gasteiger partial charge in [-0.1, -0.05) is 19.1 Å². The number of aryl methyl sites for hydroxylation is 1.